The van der Waals surface area contributed by atoms with Gasteiger partial charge in [0.1, 0.15) is 5.69 Å². The predicted molar refractivity (Wildman–Crippen MR) is 97.2 cm³/mol. The van der Waals surface area contributed by atoms with Gasteiger partial charge >= 0.3 is 6.18 Å². The average molecular weight is 392 g/mol. The van der Waals surface area contributed by atoms with E-state index in [2.05, 4.69) is 15.6 Å². The number of para-hydroxylation sites is 1. The van der Waals surface area contributed by atoms with E-state index in [-0.39, 0.29) is 24.7 Å². The van der Waals surface area contributed by atoms with Gasteiger partial charge in [-0.05, 0) is 18.2 Å². The van der Waals surface area contributed by atoms with E-state index in [1.165, 1.54) is 0 Å². The van der Waals surface area contributed by atoms with Gasteiger partial charge in [-0.1, -0.05) is 18.2 Å². The van der Waals surface area contributed by atoms with E-state index in [0.29, 0.717) is 11.6 Å². The number of hydrogen-bond donors (Lipinski definition) is 3. The molecular weight excluding hydrogens is 377 g/mol. The lowest BCUT2D eigenvalue weighted by Crippen LogP contribution is -2.28. The SMILES string of the molecule is O=C(NCCNc1ccc(C(F)(F)F)cc1[N+](=O)[O-])c1c[nH]c2ccccc12. The second kappa shape index (κ2) is 7.59. The summed E-state index contributed by atoms with van der Waals surface area (Å²) in [4.78, 5) is 25.4. The highest BCUT2D eigenvalue weighted by atomic mass is 19.4. The highest BCUT2D eigenvalue weighted by molar-refractivity contribution is 6.06. The summed E-state index contributed by atoms with van der Waals surface area (Å²) in [6.07, 6.45) is -3.09. The fraction of sp³-hybridized carbons (Fsp3) is 0.167. The van der Waals surface area contributed by atoms with Gasteiger partial charge in [-0.25, -0.2) is 0 Å². The van der Waals surface area contributed by atoms with Gasteiger partial charge in [0.25, 0.3) is 11.6 Å². The first kappa shape index (κ1) is 19.2. The number of carbonyl (C=O) groups is 1. The van der Waals surface area contributed by atoms with Crippen molar-refractivity contribution in [2.24, 2.45) is 0 Å². The van der Waals surface area contributed by atoms with Crippen LogP contribution < -0.4 is 10.6 Å². The first-order chi connectivity index (χ1) is 13.3. The van der Waals surface area contributed by atoms with Crippen LogP contribution in [0.4, 0.5) is 24.5 Å². The molecule has 0 spiro atoms. The maximum atomic E-state index is 12.7. The summed E-state index contributed by atoms with van der Waals surface area (Å²) in [6.45, 7) is 0.219. The molecule has 28 heavy (non-hydrogen) atoms. The second-order valence-electron chi connectivity index (χ2n) is 5.92. The molecule has 0 atom stereocenters. The molecule has 1 heterocycles. The topological polar surface area (TPSA) is 100 Å². The zero-order chi connectivity index (χ0) is 20.3. The van der Waals surface area contributed by atoms with E-state index in [1.807, 2.05) is 12.1 Å². The number of H-pyrrole nitrogens is 1. The fourth-order valence-electron chi connectivity index (χ4n) is 2.74. The molecule has 3 N–H and O–H groups in total. The first-order valence-corrected chi connectivity index (χ1v) is 8.21. The van der Waals surface area contributed by atoms with Crippen LogP contribution >= 0.6 is 0 Å². The van der Waals surface area contributed by atoms with Crippen molar-refractivity contribution in [1.82, 2.24) is 10.3 Å². The Morgan fingerprint density at radius 1 is 1.14 bits per heavy atom. The molecule has 3 rings (SSSR count). The molecule has 7 nitrogen and oxygen atoms in total. The van der Waals surface area contributed by atoms with Gasteiger partial charge in [0.05, 0.1) is 16.1 Å². The number of rotatable bonds is 6. The standard InChI is InChI=1S/C18H15F3N4O3/c19-18(20,21)11-5-6-15(16(9-11)25(27)28)22-7-8-23-17(26)13-10-24-14-4-2-1-3-12(13)14/h1-6,9-10,22,24H,7-8H2,(H,23,26). The van der Waals surface area contributed by atoms with Crippen molar-refractivity contribution in [2.75, 3.05) is 18.4 Å². The van der Waals surface area contributed by atoms with Gasteiger partial charge < -0.3 is 15.6 Å². The average Bonchev–Trinajstić information content (AvgIpc) is 3.08. The van der Waals surface area contributed by atoms with Crippen LogP contribution in [0.15, 0.2) is 48.7 Å². The molecule has 0 saturated heterocycles. The van der Waals surface area contributed by atoms with Crippen LogP contribution in [0, 0.1) is 10.1 Å². The van der Waals surface area contributed by atoms with E-state index in [1.54, 1.807) is 18.3 Å². The Hall–Kier alpha value is -3.56. The van der Waals surface area contributed by atoms with Crippen molar-refractivity contribution in [3.05, 3.63) is 69.9 Å². The second-order valence-corrected chi connectivity index (χ2v) is 5.92. The Kier molecular flexibility index (Phi) is 5.21. The number of alkyl halides is 3. The number of carbonyl (C=O) groups excluding carboxylic acids is 1. The number of aromatic nitrogens is 1. The van der Waals surface area contributed by atoms with Gasteiger partial charge in [0.2, 0.25) is 0 Å². The molecule has 3 aromatic rings. The Bertz CT molecular complexity index is 1030. The molecule has 0 aliphatic heterocycles. The third kappa shape index (κ3) is 4.05. The third-order valence-corrected chi connectivity index (χ3v) is 4.08. The Morgan fingerprint density at radius 2 is 1.89 bits per heavy atom. The van der Waals surface area contributed by atoms with E-state index in [0.717, 1.165) is 23.0 Å². The molecule has 2 aromatic carbocycles. The van der Waals surface area contributed by atoms with Crippen molar-refractivity contribution in [3.8, 4) is 0 Å². The molecular formula is C18H15F3N4O3. The molecule has 1 aromatic heterocycles. The van der Waals surface area contributed by atoms with Gasteiger partial charge in [-0.2, -0.15) is 13.2 Å². The lowest BCUT2D eigenvalue weighted by atomic mass is 10.1. The zero-order valence-corrected chi connectivity index (χ0v) is 14.3. The molecule has 1 amide bonds. The van der Waals surface area contributed by atoms with Gasteiger partial charge in [0.15, 0.2) is 0 Å². The zero-order valence-electron chi connectivity index (χ0n) is 14.3. The summed E-state index contributed by atoms with van der Waals surface area (Å²) in [5.74, 6) is -0.332. The Balaban J connectivity index is 1.62. The highest BCUT2D eigenvalue weighted by Gasteiger charge is 2.33. The maximum Gasteiger partial charge on any atom is 0.416 e. The van der Waals surface area contributed by atoms with Crippen LogP contribution in [-0.4, -0.2) is 28.9 Å². The molecule has 0 aliphatic rings. The third-order valence-electron chi connectivity index (χ3n) is 4.08. The minimum absolute atomic E-state index is 0.0562. The Labute approximate surface area is 156 Å². The molecule has 0 unspecified atom stereocenters. The summed E-state index contributed by atoms with van der Waals surface area (Å²) in [5.41, 5.74) is -0.572. The number of aromatic amines is 1. The van der Waals surface area contributed by atoms with E-state index >= 15 is 0 Å². The van der Waals surface area contributed by atoms with E-state index in [4.69, 9.17) is 0 Å². The summed E-state index contributed by atoms with van der Waals surface area (Å²) < 4.78 is 38.1. The van der Waals surface area contributed by atoms with Crippen molar-refractivity contribution < 1.29 is 22.9 Å². The summed E-state index contributed by atoms with van der Waals surface area (Å²) in [7, 11) is 0. The van der Waals surface area contributed by atoms with Crippen LogP contribution in [0.25, 0.3) is 10.9 Å². The number of halogens is 3. The van der Waals surface area contributed by atoms with Gasteiger partial charge in [-0.15, -0.1) is 0 Å². The summed E-state index contributed by atoms with van der Waals surface area (Å²) >= 11 is 0. The first-order valence-electron chi connectivity index (χ1n) is 8.21. The number of nitrogens with one attached hydrogen (secondary N) is 3. The highest BCUT2D eigenvalue weighted by Crippen LogP contribution is 2.34. The van der Waals surface area contributed by atoms with Crippen LogP contribution in [0.2, 0.25) is 0 Å². The lowest BCUT2D eigenvalue weighted by molar-refractivity contribution is -0.384. The van der Waals surface area contributed by atoms with E-state index < -0.39 is 22.4 Å². The number of benzene rings is 2. The number of amides is 1. The molecule has 10 heteroatoms. The van der Waals surface area contributed by atoms with Gasteiger partial charge in [-0.3, -0.25) is 14.9 Å². The number of nitro benzene ring substituents is 1. The maximum absolute atomic E-state index is 12.7. The lowest BCUT2D eigenvalue weighted by Gasteiger charge is -2.11. The monoisotopic (exact) mass is 392 g/mol. The van der Waals surface area contributed by atoms with Crippen molar-refractivity contribution in [3.63, 3.8) is 0 Å². The minimum Gasteiger partial charge on any atom is -0.378 e. The molecule has 0 bridgehead atoms. The largest absolute Gasteiger partial charge is 0.416 e. The van der Waals surface area contributed by atoms with Crippen molar-refractivity contribution in [2.45, 2.75) is 6.18 Å². The van der Waals surface area contributed by atoms with Gasteiger partial charge in [0, 0.05) is 36.3 Å². The van der Waals surface area contributed by atoms with Crippen molar-refractivity contribution in [1.29, 1.82) is 0 Å². The van der Waals surface area contributed by atoms with Crippen LogP contribution in [-0.2, 0) is 6.18 Å². The number of anilines is 1. The summed E-state index contributed by atoms with van der Waals surface area (Å²) in [5, 5.41) is 17.1. The van der Waals surface area contributed by atoms with Crippen LogP contribution in [0.1, 0.15) is 15.9 Å². The predicted octanol–water partition coefficient (Wildman–Crippen LogP) is 3.94. The number of nitrogens with zero attached hydrogens (tertiary/aromatic N) is 1. The number of nitro groups is 1. The molecule has 0 aliphatic carbocycles. The molecule has 0 fully saturated rings. The molecule has 146 valence electrons. The number of fused-ring (bicyclic) bond motifs is 1. The van der Waals surface area contributed by atoms with Crippen molar-refractivity contribution >= 4 is 28.2 Å². The van der Waals surface area contributed by atoms with Crippen LogP contribution in [0.3, 0.4) is 0 Å². The van der Waals surface area contributed by atoms with Crippen LogP contribution in [0.5, 0.6) is 0 Å². The quantitative estimate of drug-likeness (QED) is 0.336. The normalized spacial score (nSPS) is 11.4. The fourth-order valence-corrected chi connectivity index (χ4v) is 2.74. The smallest absolute Gasteiger partial charge is 0.378 e. The minimum atomic E-state index is -4.67. The van der Waals surface area contributed by atoms with E-state index in [9.17, 15) is 28.1 Å². The summed E-state index contributed by atoms with van der Waals surface area (Å²) in [6, 6.07) is 9.51. The molecule has 0 radical (unpaired) electrons. The molecule has 0 saturated carbocycles. The Morgan fingerprint density at radius 3 is 2.61 bits per heavy atom. The number of hydrogen-bond acceptors (Lipinski definition) is 4.